The average Bonchev–Trinajstić information content (AvgIpc) is 2.45. The minimum Gasteiger partial charge on any atom is -0.494 e. The molecule has 0 radical (unpaired) electrons. The molecule has 21 heavy (non-hydrogen) atoms. The monoisotopic (exact) mass is 302 g/mol. The molecule has 1 aromatic heterocycles. The van der Waals surface area contributed by atoms with Gasteiger partial charge in [0.15, 0.2) is 0 Å². The van der Waals surface area contributed by atoms with Gasteiger partial charge in [-0.15, -0.1) is 11.8 Å². The molecule has 1 aromatic carbocycles. The molecule has 0 amide bonds. The second-order valence-corrected chi connectivity index (χ2v) is 6.05. The van der Waals surface area contributed by atoms with Gasteiger partial charge in [-0.2, -0.15) is 0 Å². The summed E-state index contributed by atoms with van der Waals surface area (Å²) in [7, 11) is 0. The summed E-state index contributed by atoms with van der Waals surface area (Å²) < 4.78 is 5.64. The summed E-state index contributed by atoms with van der Waals surface area (Å²) in [6.45, 7) is 6.73. The Kier molecular flexibility index (Phi) is 5.65. The largest absolute Gasteiger partial charge is 0.494 e. The summed E-state index contributed by atoms with van der Waals surface area (Å²) in [6.07, 6.45) is 0. The van der Waals surface area contributed by atoms with Crippen LogP contribution >= 0.6 is 11.8 Å². The maximum Gasteiger partial charge on any atom is 0.124 e. The van der Waals surface area contributed by atoms with Crippen molar-refractivity contribution in [2.24, 2.45) is 5.73 Å². The van der Waals surface area contributed by atoms with E-state index in [1.54, 1.807) is 11.8 Å². The number of aromatic nitrogens is 1. The maximum atomic E-state index is 6.32. The molecule has 0 aliphatic heterocycles. The second kappa shape index (κ2) is 7.48. The predicted molar refractivity (Wildman–Crippen MR) is 89.0 cm³/mol. The summed E-state index contributed by atoms with van der Waals surface area (Å²) in [4.78, 5) is 4.53. The van der Waals surface area contributed by atoms with E-state index in [0.29, 0.717) is 6.61 Å². The quantitative estimate of drug-likeness (QED) is 0.822. The standard InChI is InChI=1S/C17H22N2OS/c1-4-20-16-8-6-5-7-14(16)15(18)11-21-17-10-12(2)9-13(3)19-17/h5-10,15H,4,11,18H2,1-3H3. The van der Waals surface area contributed by atoms with Gasteiger partial charge in [0.25, 0.3) is 0 Å². The van der Waals surface area contributed by atoms with E-state index in [0.717, 1.165) is 27.8 Å². The number of aryl methyl sites for hydroxylation is 2. The minimum atomic E-state index is -0.0691. The average molecular weight is 302 g/mol. The lowest BCUT2D eigenvalue weighted by atomic mass is 10.1. The highest BCUT2D eigenvalue weighted by Gasteiger charge is 2.12. The van der Waals surface area contributed by atoms with Gasteiger partial charge in [0.2, 0.25) is 0 Å². The lowest BCUT2D eigenvalue weighted by Gasteiger charge is -2.16. The molecule has 0 bridgehead atoms. The van der Waals surface area contributed by atoms with Crippen molar-refractivity contribution in [1.29, 1.82) is 0 Å². The first-order valence-corrected chi connectivity index (χ1v) is 8.14. The van der Waals surface area contributed by atoms with Crippen LogP contribution in [0.3, 0.4) is 0 Å². The van der Waals surface area contributed by atoms with Gasteiger partial charge in [-0.3, -0.25) is 0 Å². The number of rotatable bonds is 6. The van der Waals surface area contributed by atoms with Crippen LogP contribution in [0.15, 0.2) is 41.4 Å². The van der Waals surface area contributed by atoms with Crippen molar-refractivity contribution in [3.8, 4) is 5.75 Å². The summed E-state index contributed by atoms with van der Waals surface area (Å²) in [5, 5.41) is 1.02. The molecule has 4 heteroatoms. The maximum absolute atomic E-state index is 6.32. The van der Waals surface area contributed by atoms with Crippen molar-refractivity contribution >= 4 is 11.8 Å². The van der Waals surface area contributed by atoms with Gasteiger partial charge in [-0.05, 0) is 44.5 Å². The highest BCUT2D eigenvalue weighted by atomic mass is 32.2. The summed E-state index contributed by atoms with van der Waals surface area (Å²) in [5.74, 6) is 1.65. The molecule has 2 N–H and O–H groups in total. The van der Waals surface area contributed by atoms with Crippen molar-refractivity contribution in [3.05, 3.63) is 53.2 Å². The molecule has 2 aromatic rings. The van der Waals surface area contributed by atoms with Crippen LogP contribution in [0, 0.1) is 13.8 Å². The Morgan fingerprint density at radius 3 is 2.71 bits per heavy atom. The van der Waals surface area contributed by atoms with Crippen LogP contribution in [0.1, 0.15) is 29.8 Å². The predicted octanol–water partition coefficient (Wildman–Crippen LogP) is 3.89. The Labute approximate surface area is 130 Å². The van der Waals surface area contributed by atoms with E-state index in [9.17, 15) is 0 Å². The van der Waals surface area contributed by atoms with Crippen LogP contribution in [0.25, 0.3) is 0 Å². The third-order valence-corrected chi connectivity index (χ3v) is 4.13. The topological polar surface area (TPSA) is 48.1 Å². The van der Waals surface area contributed by atoms with Crippen molar-refractivity contribution in [3.63, 3.8) is 0 Å². The highest BCUT2D eigenvalue weighted by Crippen LogP contribution is 2.28. The van der Waals surface area contributed by atoms with Gasteiger partial charge in [0.05, 0.1) is 11.6 Å². The van der Waals surface area contributed by atoms with Gasteiger partial charge < -0.3 is 10.5 Å². The molecular weight excluding hydrogens is 280 g/mol. The number of nitrogens with two attached hydrogens (primary N) is 1. The molecule has 1 heterocycles. The number of pyridine rings is 1. The molecule has 1 unspecified atom stereocenters. The molecule has 0 saturated carbocycles. The smallest absolute Gasteiger partial charge is 0.124 e. The molecule has 1 atom stereocenters. The van der Waals surface area contributed by atoms with Crippen molar-refractivity contribution in [1.82, 2.24) is 4.98 Å². The molecule has 2 rings (SSSR count). The molecule has 0 aliphatic rings. The third-order valence-electron chi connectivity index (χ3n) is 3.10. The lowest BCUT2D eigenvalue weighted by molar-refractivity contribution is 0.335. The summed E-state index contributed by atoms with van der Waals surface area (Å²) >= 11 is 1.69. The Morgan fingerprint density at radius 2 is 2.00 bits per heavy atom. The van der Waals surface area contributed by atoms with Gasteiger partial charge >= 0.3 is 0 Å². The van der Waals surface area contributed by atoms with Crippen molar-refractivity contribution < 1.29 is 4.74 Å². The van der Waals surface area contributed by atoms with E-state index in [2.05, 4.69) is 24.0 Å². The Bertz CT molecular complexity index is 581. The van der Waals surface area contributed by atoms with E-state index < -0.39 is 0 Å². The number of ether oxygens (including phenoxy) is 1. The molecule has 112 valence electrons. The van der Waals surface area contributed by atoms with E-state index in [1.807, 2.05) is 38.1 Å². The van der Waals surface area contributed by atoms with Gasteiger partial charge in [0, 0.05) is 23.1 Å². The summed E-state index contributed by atoms with van der Waals surface area (Å²) in [6, 6.07) is 12.1. The van der Waals surface area contributed by atoms with Crippen LogP contribution in [0.2, 0.25) is 0 Å². The third kappa shape index (κ3) is 4.48. The molecule has 0 spiro atoms. The highest BCUT2D eigenvalue weighted by molar-refractivity contribution is 7.99. The lowest BCUT2D eigenvalue weighted by Crippen LogP contribution is -2.14. The second-order valence-electron chi connectivity index (χ2n) is 5.01. The Balaban J connectivity index is 2.06. The van der Waals surface area contributed by atoms with E-state index in [4.69, 9.17) is 10.5 Å². The molecule has 0 fully saturated rings. The number of hydrogen-bond donors (Lipinski definition) is 1. The Hall–Kier alpha value is -1.52. The van der Waals surface area contributed by atoms with Crippen molar-refractivity contribution in [2.45, 2.75) is 31.8 Å². The number of hydrogen-bond acceptors (Lipinski definition) is 4. The molecular formula is C17H22N2OS. The molecule has 0 aliphatic carbocycles. The zero-order chi connectivity index (χ0) is 15.2. The van der Waals surface area contributed by atoms with Crippen LogP contribution in [0.4, 0.5) is 0 Å². The zero-order valence-corrected chi connectivity index (χ0v) is 13.6. The fourth-order valence-corrected chi connectivity index (χ4v) is 3.22. The SMILES string of the molecule is CCOc1ccccc1C(N)CSc1cc(C)cc(C)n1. The van der Waals surface area contributed by atoms with Gasteiger partial charge in [-0.1, -0.05) is 18.2 Å². The van der Waals surface area contributed by atoms with E-state index >= 15 is 0 Å². The number of nitrogens with zero attached hydrogens (tertiary/aromatic N) is 1. The van der Waals surface area contributed by atoms with Crippen molar-refractivity contribution in [2.75, 3.05) is 12.4 Å². The number of benzene rings is 1. The van der Waals surface area contributed by atoms with Crippen LogP contribution < -0.4 is 10.5 Å². The first-order chi connectivity index (χ1) is 10.1. The first-order valence-electron chi connectivity index (χ1n) is 7.15. The minimum absolute atomic E-state index is 0.0691. The van der Waals surface area contributed by atoms with Crippen LogP contribution in [-0.4, -0.2) is 17.3 Å². The zero-order valence-electron chi connectivity index (χ0n) is 12.8. The first kappa shape index (κ1) is 15.9. The van der Waals surface area contributed by atoms with Gasteiger partial charge in [0.1, 0.15) is 5.75 Å². The summed E-state index contributed by atoms with van der Waals surface area (Å²) in [5.41, 5.74) is 9.65. The van der Waals surface area contributed by atoms with E-state index in [1.165, 1.54) is 5.56 Å². The fraction of sp³-hybridized carbons (Fsp3) is 0.353. The molecule has 3 nitrogen and oxygen atoms in total. The normalized spacial score (nSPS) is 12.2. The van der Waals surface area contributed by atoms with Gasteiger partial charge in [-0.25, -0.2) is 4.98 Å². The molecule has 0 saturated heterocycles. The number of para-hydroxylation sites is 1. The Morgan fingerprint density at radius 1 is 1.24 bits per heavy atom. The van der Waals surface area contributed by atoms with Crippen LogP contribution in [-0.2, 0) is 0 Å². The van der Waals surface area contributed by atoms with E-state index in [-0.39, 0.29) is 6.04 Å². The number of thioether (sulfide) groups is 1. The van der Waals surface area contributed by atoms with Crippen LogP contribution in [0.5, 0.6) is 5.75 Å². The fourth-order valence-electron chi connectivity index (χ4n) is 2.22.